The fraction of sp³-hybridized carbons (Fsp3) is 0.122. The predicted molar refractivity (Wildman–Crippen MR) is 244 cm³/mol. The summed E-state index contributed by atoms with van der Waals surface area (Å²) >= 11 is 0. The molecule has 0 radical (unpaired) electrons. The van der Waals surface area contributed by atoms with Gasteiger partial charge in [0.05, 0.1) is 8.52 Å². The maximum atomic E-state index is 11.8. The minimum Gasteiger partial charge on any atom is -0.412 e. The lowest BCUT2D eigenvalue weighted by Gasteiger charge is -2.19. The Morgan fingerprint density at radius 3 is 1.23 bits per heavy atom. The molecule has 0 bridgehead atoms. The number of hydrogen-bond acceptors (Lipinski definition) is 11. The van der Waals surface area contributed by atoms with E-state index in [1.807, 2.05) is 98.6 Å². The number of rotatable bonds is 0. The SMILES string of the molecule is C.CC1(C)c2cnccc2-c2ccncc21.NN.O.O=C1c2cnccc2-c2ccncc21.[2H]CF.c1cc2c(ccc3cnccc32)cn1.c1cc2c(cn1)Cc1cnccc1-2. The Labute approximate surface area is 360 Å². The zero-order valence-corrected chi connectivity index (χ0v) is 33.4. The van der Waals surface area contributed by atoms with Crippen LogP contribution in [0.2, 0.25) is 0 Å². The Balaban J connectivity index is 0.000000152. The van der Waals surface area contributed by atoms with E-state index in [2.05, 4.69) is 102 Å². The summed E-state index contributed by atoms with van der Waals surface area (Å²) < 4.78 is 15.5. The first kappa shape index (κ1) is 44.0. The highest BCUT2D eigenvalue weighted by Gasteiger charge is 2.35. The van der Waals surface area contributed by atoms with Crippen molar-refractivity contribution in [3.63, 3.8) is 0 Å². The standard InChI is InChI=1S/C13H12N2.C12H8N2.C11H6N2O.C11H8N2.CH3F.CH4.H4N2.H2O/c1-13(2)11-7-14-5-3-9(11)10-4-6-15-8-12(10)13;1-2-10-8-14-6-4-12(10)11-3-5-13-7-9(1)11;14-11-9-5-12-3-1-7(9)8-2-4-13-6-10(8)11;1-3-12-6-8-5-9-7-13-4-2-11(9)10(1)8;1-2;;1-2;/h3-8H,1-2H3;1-8H;1-6H;1-4,6-7H,5H2;1H3;1H4;1-2H2;1H2/i;;;;1D;;;. The van der Waals surface area contributed by atoms with Crippen molar-refractivity contribution in [2.75, 3.05) is 7.15 Å². The quantitative estimate of drug-likeness (QED) is 0.0842. The smallest absolute Gasteiger partial charge is 0.197 e. The summed E-state index contributed by atoms with van der Waals surface area (Å²) in [7, 11) is -1.00. The highest BCUT2D eigenvalue weighted by atomic mass is 19.1. The minimum atomic E-state index is -1.00. The molecule has 312 valence electrons. The third-order valence-corrected chi connectivity index (χ3v) is 10.6. The van der Waals surface area contributed by atoms with Crippen LogP contribution in [0.15, 0.2) is 160 Å². The molecule has 0 spiro atoms. The van der Waals surface area contributed by atoms with Crippen LogP contribution in [0.1, 0.15) is 60.8 Å². The van der Waals surface area contributed by atoms with Crippen molar-refractivity contribution in [2.24, 2.45) is 11.7 Å². The number of fused-ring (bicyclic) bond motifs is 12. The molecule has 1 aromatic carbocycles. The van der Waals surface area contributed by atoms with Crippen LogP contribution in [0.25, 0.3) is 54.9 Å². The number of nitrogens with two attached hydrogens (primary N) is 2. The number of halogens is 1. The van der Waals surface area contributed by atoms with Gasteiger partial charge in [0.25, 0.3) is 0 Å². The normalized spacial score (nSPS) is 12.1. The maximum absolute atomic E-state index is 11.8. The van der Waals surface area contributed by atoms with Crippen LogP contribution in [0.4, 0.5) is 4.39 Å². The molecule has 0 saturated heterocycles. The van der Waals surface area contributed by atoms with Crippen molar-refractivity contribution >= 4 is 27.3 Å². The number of hydrogen-bond donors (Lipinski definition) is 2. The molecule has 3 aliphatic carbocycles. The molecule has 0 aliphatic heterocycles. The molecule has 8 aromatic heterocycles. The van der Waals surface area contributed by atoms with Crippen LogP contribution in [-0.2, 0) is 11.8 Å². The number of carbonyl (C=O) groups is 1. The third kappa shape index (κ3) is 8.81. The molecule has 0 saturated carbocycles. The number of alkyl halides is 1. The fourth-order valence-corrected chi connectivity index (χ4v) is 7.78. The lowest BCUT2D eigenvalue weighted by Crippen LogP contribution is -2.15. The van der Waals surface area contributed by atoms with Gasteiger partial charge in [-0.05, 0) is 115 Å². The molecule has 13 heteroatoms. The predicted octanol–water partition coefficient (Wildman–Crippen LogP) is 8.52. The van der Waals surface area contributed by atoms with Crippen molar-refractivity contribution in [3.8, 4) is 33.4 Å². The molecule has 6 N–H and O–H groups in total. The summed E-state index contributed by atoms with van der Waals surface area (Å²) in [5, 5.41) is 4.82. The van der Waals surface area contributed by atoms with Gasteiger partial charge in [-0.3, -0.25) is 60.7 Å². The second-order valence-corrected chi connectivity index (χ2v) is 14.1. The van der Waals surface area contributed by atoms with Gasteiger partial charge in [-0.25, -0.2) is 0 Å². The molecule has 12 nitrogen and oxygen atoms in total. The third-order valence-electron chi connectivity index (χ3n) is 10.6. The van der Waals surface area contributed by atoms with Crippen molar-refractivity contribution in [1.29, 1.82) is 0 Å². The van der Waals surface area contributed by atoms with Crippen LogP contribution in [-0.4, -0.2) is 58.3 Å². The number of benzene rings is 1. The molecule has 0 amide bonds. The van der Waals surface area contributed by atoms with Gasteiger partial charge in [0.2, 0.25) is 0 Å². The number of hydrazine groups is 1. The monoisotopic (exact) mass is 827 g/mol. The lowest BCUT2D eigenvalue weighted by atomic mass is 9.84. The molecule has 12 rings (SSSR count). The van der Waals surface area contributed by atoms with E-state index in [1.54, 1.807) is 24.8 Å². The average Bonchev–Trinajstić information content (AvgIpc) is 3.93. The second-order valence-electron chi connectivity index (χ2n) is 14.1. The van der Waals surface area contributed by atoms with Crippen LogP contribution in [0.5, 0.6) is 0 Å². The average molecular weight is 828 g/mol. The van der Waals surface area contributed by atoms with E-state index in [4.69, 9.17) is 1.37 Å². The Hall–Kier alpha value is -7.58. The topological polar surface area (TPSA) is 204 Å². The number of pyridine rings is 8. The highest BCUT2D eigenvalue weighted by molar-refractivity contribution is 6.21. The highest BCUT2D eigenvalue weighted by Crippen LogP contribution is 2.47. The summed E-state index contributed by atoms with van der Waals surface area (Å²) in [6.45, 7) is 4.45. The molecular formula is C49H47FN10O2. The first-order valence-electron chi connectivity index (χ1n) is 19.5. The van der Waals surface area contributed by atoms with Gasteiger partial charge in [-0.2, -0.15) is 0 Å². The molecule has 3 aliphatic rings. The van der Waals surface area contributed by atoms with Gasteiger partial charge >= 0.3 is 0 Å². The minimum absolute atomic E-state index is 0. The van der Waals surface area contributed by atoms with E-state index < -0.39 is 7.15 Å². The summed E-state index contributed by atoms with van der Waals surface area (Å²) in [4.78, 5) is 44.6. The van der Waals surface area contributed by atoms with Gasteiger partial charge in [0, 0.05) is 133 Å². The number of nitrogens with zero attached hydrogens (tertiary/aromatic N) is 8. The zero-order valence-electron chi connectivity index (χ0n) is 34.4. The van der Waals surface area contributed by atoms with Crippen LogP contribution < -0.4 is 11.7 Å². The number of aromatic nitrogens is 8. The van der Waals surface area contributed by atoms with Crippen LogP contribution >= 0.6 is 0 Å². The Morgan fingerprint density at radius 2 is 0.806 bits per heavy atom. The Morgan fingerprint density at radius 1 is 0.484 bits per heavy atom. The molecular weight excluding hydrogens is 780 g/mol. The molecule has 62 heavy (non-hydrogen) atoms. The fourth-order valence-electron chi connectivity index (χ4n) is 7.78. The van der Waals surface area contributed by atoms with Gasteiger partial charge in [-0.15, -0.1) is 0 Å². The lowest BCUT2D eigenvalue weighted by molar-refractivity contribution is 0.104. The second kappa shape index (κ2) is 20.6. The van der Waals surface area contributed by atoms with Gasteiger partial charge < -0.3 is 5.48 Å². The zero-order chi connectivity index (χ0) is 42.8. The van der Waals surface area contributed by atoms with Gasteiger partial charge in [-0.1, -0.05) is 33.4 Å². The van der Waals surface area contributed by atoms with Crippen LogP contribution in [0.3, 0.4) is 0 Å². The van der Waals surface area contributed by atoms with E-state index in [-0.39, 0.29) is 24.1 Å². The first-order valence-corrected chi connectivity index (χ1v) is 18.8. The maximum Gasteiger partial charge on any atom is 0.197 e. The summed E-state index contributed by atoms with van der Waals surface area (Å²) in [6, 6.07) is 20.3. The van der Waals surface area contributed by atoms with E-state index in [0.29, 0.717) is 11.1 Å². The van der Waals surface area contributed by atoms with Gasteiger partial charge in [0.15, 0.2) is 5.78 Å². The molecule has 0 atom stereocenters. The summed E-state index contributed by atoms with van der Waals surface area (Å²) in [5.74, 6) is 8.02. The largest absolute Gasteiger partial charge is 0.412 e. The Bertz CT molecular complexity index is 2780. The Kier molecular flexibility index (Phi) is 14.6. The summed E-state index contributed by atoms with van der Waals surface area (Å²) in [5.41, 5.74) is 13.8. The molecule has 0 fully saturated rings. The van der Waals surface area contributed by atoms with E-state index in [0.717, 1.165) is 17.5 Å². The summed E-state index contributed by atoms with van der Waals surface area (Å²) in [6.07, 6.45) is 30.2. The molecule has 8 heterocycles. The van der Waals surface area contributed by atoms with Crippen molar-refractivity contribution < 1.29 is 16.0 Å². The first-order chi connectivity index (χ1) is 29.9. The van der Waals surface area contributed by atoms with E-state index >= 15 is 0 Å². The van der Waals surface area contributed by atoms with Crippen molar-refractivity contribution in [1.82, 2.24) is 39.9 Å². The van der Waals surface area contributed by atoms with Gasteiger partial charge in [0.1, 0.15) is 0 Å². The van der Waals surface area contributed by atoms with E-state index in [1.165, 1.54) is 66.1 Å². The van der Waals surface area contributed by atoms with E-state index in [9.17, 15) is 9.18 Å². The van der Waals surface area contributed by atoms with Crippen molar-refractivity contribution in [3.05, 3.63) is 193 Å². The molecule has 9 aromatic rings. The molecule has 0 unspecified atom stereocenters. The number of carbonyl (C=O) groups excluding carboxylic acids is 1. The van der Waals surface area contributed by atoms with Crippen molar-refractivity contribution in [2.45, 2.75) is 33.1 Å². The number of ketones is 1. The van der Waals surface area contributed by atoms with Crippen LogP contribution in [0, 0.1) is 0 Å².